The number of carbonyl (C=O) groups excluding carboxylic acids is 1. The summed E-state index contributed by atoms with van der Waals surface area (Å²) in [6.45, 7) is 0. The normalized spacial score (nSPS) is 10.8. The van der Waals surface area contributed by atoms with Gasteiger partial charge in [0, 0.05) is 12.8 Å². The van der Waals surface area contributed by atoms with Crippen molar-refractivity contribution in [3.63, 3.8) is 0 Å². The van der Waals surface area contributed by atoms with E-state index in [4.69, 9.17) is 4.74 Å². The van der Waals surface area contributed by atoms with Crippen molar-refractivity contribution in [1.29, 1.82) is 0 Å². The van der Waals surface area contributed by atoms with Crippen LogP contribution in [0.25, 0.3) is 6.08 Å². The minimum absolute atomic E-state index is 0.119. The van der Waals surface area contributed by atoms with Gasteiger partial charge in [-0.2, -0.15) is 0 Å². The van der Waals surface area contributed by atoms with E-state index in [1.807, 2.05) is 48.6 Å². The summed E-state index contributed by atoms with van der Waals surface area (Å²) in [5, 5.41) is 9.55. The third kappa shape index (κ3) is 5.62. The molecule has 2 aromatic carbocycles. The van der Waals surface area contributed by atoms with Crippen molar-refractivity contribution in [3.05, 3.63) is 65.7 Å². The van der Waals surface area contributed by atoms with E-state index in [1.165, 1.54) is 7.11 Å². The van der Waals surface area contributed by atoms with E-state index < -0.39 is 0 Å². The second kappa shape index (κ2) is 8.79. The van der Waals surface area contributed by atoms with Crippen LogP contribution in [0.4, 0.5) is 0 Å². The average molecular weight is 310 g/mol. The molecule has 23 heavy (non-hydrogen) atoms. The van der Waals surface area contributed by atoms with Crippen LogP contribution in [0, 0.1) is 0 Å². The number of phenols is 1. The second-order valence-corrected chi connectivity index (χ2v) is 5.40. The molecule has 0 bridgehead atoms. The van der Waals surface area contributed by atoms with E-state index >= 15 is 0 Å². The standard InChI is InChI=1S/C20H22O3/c1-23-20-15-17(12-14-19(20)22)11-13-18(21)10-6-5-9-16-7-3-2-4-8-16/h2-5,7-9,12,14-15,22H,6,10-11,13H2,1H3/b9-5+. The summed E-state index contributed by atoms with van der Waals surface area (Å²) in [6, 6.07) is 15.2. The van der Waals surface area contributed by atoms with Crippen LogP contribution < -0.4 is 4.74 Å². The van der Waals surface area contributed by atoms with Gasteiger partial charge in [-0.15, -0.1) is 0 Å². The molecule has 0 radical (unpaired) electrons. The van der Waals surface area contributed by atoms with Gasteiger partial charge in [-0.25, -0.2) is 0 Å². The summed E-state index contributed by atoms with van der Waals surface area (Å²) in [4.78, 5) is 11.9. The highest BCUT2D eigenvalue weighted by atomic mass is 16.5. The Balaban J connectivity index is 1.74. The lowest BCUT2D eigenvalue weighted by Gasteiger charge is -2.06. The van der Waals surface area contributed by atoms with Crippen molar-refractivity contribution in [2.75, 3.05) is 7.11 Å². The zero-order valence-electron chi connectivity index (χ0n) is 13.4. The van der Waals surface area contributed by atoms with Gasteiger partial charge in [-0.3, -0.25) is 4.79 Å². The van der Waals surface area contributed by atoms with Gasteiger partial charge >= 0.3 is 0 Å². The molecule has 0 heterocycles. The lowest BCUT2D eigenvalue weighted by atomic mass is 10.0. The molecule has 0 aliphatic carbocycles. The molecular formula is C20H22O3. The second-order valence-electron chi connectivity index (χ2n) is 5.40. The average Bonchev–Trinajstić information content (AvgIpc) is 2.59. The molecule has 3 heteroatoms. The topological polar surface area (TPSA) is 46.5 Å². The van der Waals surface area contributed by atoms with Gasteiger partial charge in [0.15, 0.2) is 11.5 Å². The molecular weight excluding hydrogens is 288 g/mol. The Morgan fingerprint density at radius 3 is 2.65 bits per heavy atom. The molecule has 2 rings (SSSR count). The fourth-order valence-corrected chi connectivity index (χ4v) is 2.31. The first-order valence-electron chi connectivity index (χ1n) is 7.78. The van der Waals surface area contributed by atoms with Gasteiger partial charge < -0.3 is 9.84 Å². The van der Waals surface area contributed by atoms with Gasteiger partial charge in [0.1, 0.15) is 5.78 Å². The number of allylic oxidation sites excluding steroid dienone is 1. The van der Waals surface area contributed by atoms with Crippen molar-refractivity contribution >= 4 is 11.9 Å². The number of ether oxygens (including phenoxy) is 1. The van der Waals surface area contributed by atoms with Gasteiger partial charge in [0.2, 0.25) is 0 Å². The molecule has 0 saturated heterocycles. The number of ketones is 1. The summed E-state index contributed by atoms with van der Waals surface area (Å²) in [6.07, 6.45) is 6.56. The highest BCUT2D eigenvalue weighted by Gasteiger charge is 2.05. The number of aromatic hydroxyl groups is 1. The van der Waals surface area contributed by atoms with Crippen LogP contribution in [-0.4, -0.2) is 18.0 Å². The van der Waals surface area contributed by atoms with Crippen molar-refractivity contribution in [1.82, 2.24) is 0 Å². The van der Waals surface area contributed by atoms with Crippen LogP contribution in [0.1, 0.15) is 30.4 Å². The molecule has 0 aliphatic heterocycles. The Labute approximate surface area is 137 Å². The fraction of sp³-hybridized carbons (Fsp3) is 0.250. The maximum atomic E-state index is 11.9. The van der Waals surface area contributed by atoms with Crippen LogP contribution in [0.5, 0.6) is 11.5 Å². The van der Waals surface area contributed by atoms with E-state index in [9.17, 15) is 9.90 Å². The van der Waals surface area contributed by atoms with Crippen LogP contribution in [-0.2, 0) is 11.2 Å². The van der Waals surface area contributed by atoms with Crippen LogP contribution in [0.15, 0.2) is 54.6 Å². The summed E-state index contributed by atoms with van der Waals surface area (Å²) in [5.41, 5.74) is 2.14. The first kappa shape index (κ1) is 16.8. The highest BCUT2D eigenvalue weighted by molar-refractivity contribution is 5.78. The van der Waals surface area contributed by atoms with E-state index in [0.717, 1.165) is 17.5 Å². The van der Waals surface area contributed by atoms with Crippen molar-refractivity contribution in [2.45, 2.75) is 25.7 Å². The Morgan fingerprint density at radius 1 is 1.13 bits per heavy atom. The van der Waals surface area contributed by atoms with Crippen molar-refractivity contribution < 1.29 is 14.6 Å². The number of rotatable bonds is 8. The minimum atomic E-state index is 0.119. The Morgan fingerprint density at radius 2 is 1.91 bits per heavy atom. The van der Waals surface area contributed by atoms with Gasteiger partial charge in [0.25, 0.3) is 0 Å². The molecule has 0 saturated carbocycles. The summed E-state index contributed by atoms with van der Waals surface area (Å²) >= 11 is 0. The lowest BCUT2D eigenvalue weighted by molar-refractivity contribution is -0.118. The SMILES string of the molecule is COc1cc(CCC(=O)CC/C=C/c2ccccc2)ccc1O. The maximum absolute atomic E-state index is 11.9. The number of phenolic OH excluding ortho intramolecular Hbond substituents is 1. The molecule has 0 fully saturated rings. The number of methoxy groups -OCH3 is 1. The summed E-state index contributed by atoms with van der Waals surface area (Å²) in [7, 11) is 1.52. The Kier molecular flexibility index (Phi) is 6.42. The molecule has 3 nitrogen and oxygen atoms in total. The number of hydrogen-bond donors (Lipinski definition) is 1. The molecule has 0 spiro atoms. The highest BCUT2D eigenvalue weighted by Crippen LogP contribution is 2.26. The van der Waals surface area contributed by atoms with Crippen LogP contribution in [0.2, 0.25) is 0 Å². The predicted octanol–water partition coefficient (Wildman–Crippen LogP) is 4.40. The van der Waals surface area contributed by atoms with Gasteiger partial charge in [-0.1, -0.05) is 48.6 Å². The zero-order valence-corrected chi connectivity index (χ0v) is 13.4. The van der Waals surface area contributed by atoms with Gasteiger partial charge in [-0.05, 0) is 36.1 Å². The minimum Gasteiger partial charge on any atom is -0.504 e. The van der Waals surface area contributed by atoms with Gasteiger partial charge in [0.05, 0.1) is 7.11 Å². The molecule has 0 atom stereocenters. The number of carbonyl (C=O) groups is 1. The molecule has 0 amide bonds. The van der Waals surface area contributed by atoms with Crippen molar-refractivity contribution in [2.24, 2.45) is 0 Å². The Hall–Kier alpha value is -2.55. The first-order valence-corrected chi connectivity index (χ1v) is 7.78. The monoisotopic (exact) mass is 310 g/mol. The zero-order chi connectivity index (χ0) is 16.5. The molecule has 0 aliphatic rings. The molecule has 120 valence electrons. The van der Waals surface area contributed by atoms with E-state index in [2.05, 4.69) is 0 Å². The fourth-order valence-electron chi connectivity index (χ4n) is 2.31. The van der Waals surface area contributed by atoms with Crippen LogP contribution in [0.3, 0.4) is 0 Å². The maximum Gasteiger partial charge on any atom is 0.160 e. The summed E-state index contributed by atoms with van der Waals surface area (Å²) in [5.74, 6) is 0.809. The van der Waals surface area contributed by atoms with E-state index in [0.29, 0.717) is 25.0 Å². The summed E-state index contributed by atoms with van der Waals surface area (Å²) < 4.78 is 5.07. The molecule has 0 unspecified atom stereocenters. The molecule has 1 N–H and O–H groups in total. The smallest absolute Gasteiger partial charge is 0.160 e. The molecule has 0 aromatic heterocycles. The number of Topliss-reactive ketones (excluding diaryl/α,β-unsaturated/α-hetero) is 1. The molecule has 2 aromatic rings. The predicted molar refractivity (Wildman–Crippen MR) is 92.7 cm³/mol. The number of aryl methyl sites for hydroxylation is 1. The quantitative estimate of drug-likeness (QED) is 0.786. The van der Waals surface area contributed by atoms with Crippen LogP contribution >= 0.6 is 0 Å². The van der Waals surface area contributed by atoms with Crippen molar-refractivity contribution in [3.8, 4) is 11.5 Å². The number of benzene rings is 2. The third-order valence-corrected chi connectivity index (χ3v) is 3.64. The largest absolute Gasteiger partial charge is 0.504 e. The first-order chi connectivity index (χ1) is 11.2. The van der Waals surface area contributed by atoms with E-state index in [-0.39, 0.29) is 11.5 Å². The third-order valence-electron chi connectivity index (χ3n) is 3.64. The number of hydrogen-bond acceptors (Lipinski definition) is 3. The lowest BCUT2D eigenvalue weighted by Crippen LogP contribution is -1.99. The Bertz CT molecular complexity index is 660. The van der Waals surface area contributed by atoms with E-state index in [1.54, 1.807) is 12.1 Å².